The van der Waals surface area contributed by atoms with Crippen molar-refractivity contribution in [3.05, 3.63) is 252 Å². The van der Waals surface area contributed by atoms with E-state index in [1.807, 2.05) is 18.2 Å². The molecule has 1 atom stereocenters. The molecule has 6 nitrogen and oxygen atoms in total. The summed E-state index contributed by atoms with van der Waals surface area (Å²) in [5, 5.41) is 10.7. The Kier molecular flexibility index (Phi) is 8.67. The Morgan fingerprint density at radius 2 is 1.00 bits per heavy atom. The fourth-order valence-electron chi connectivity index (χ4n) is 12.0. The van der Waals surface area contributed by atoms with Crippen LogP contribution < -0.4 is 5.32 Å². The van der Waals surface area contributed by atoms with Crippen molar-refractivity contribution in [2.45, 2.75) is 25.4 Å². The topological polar surface area (TPSA) is 59.8 Å². The summed E-state index contributed by atoms with van der Waals surface area (Å²) in [6.45, 7) is 4.71. The van der Waals surface area contributed by atoms with Gasteiger partial charge in [-0.15, -0.1) is 0 Å². The molecule has 0 amide bonds. The summed E-state index contributed by atoms with van der Waals surface area (Å²) in [7, 11) is 0. The molecule has 1 N–H and O–H groups in total. The minimum absolute atomic E-state index is 0.160. The van der Waals surface area contributed by atoms with Crippen molar-refractivity contribution in [1.29, 1.82) is 0 Å². The molecule has 340 valence electrons. The molecule has 0 bridgehead atoms. The quantitative estimate of drug-likeness (QED) is 0.181. The van der Waals surface area contributed by atoms with Gasteiger partial charge in [0.2, 0.25) is 0 Å². The zero-order chi connectivity index (χ0) is 47.7. The highest BCUT2D eigenvalue weighted by atomic mass is 16.3. The number of rotatable bonds is 6. The molecule has 2 aliphatic rings. The lowest BCUT2D eigenvalue weighted by Crippen LogP contribution is -2.34. The fraction of sp³-hybridized carbons (Fsp3) is 0.0606. The average Bonchev–Trinajstić information content (AvgIpc) is 4.15. The van der Waals surface area contributed by atoms with E-state index in [0.29, 0.717) is 5.84 Å². The second-order valence-corrected chi connectivity index (χ2v) is 19.7. The van der Waals surface area contributed by atoms with Gasteiger partial charge >= 0.3 is 0 Å². The van der Waals surface area contributed by atoms with E-state index in [-0.39, 0.29) is 5.41 Å². The maximum absolute atomic E-state index is 7.60. The average molecular weight is 924 g/mol. The van der Waals surface area contributed by atoms with Gasteiger partial charge in [-0.25, -0.2) is 9.98 Å². The van der Waals surface area contributed by atoms with Crippen molar-refractivity contribution in [1.82, 2.24) is 14.5 Å². The van der Waals surface area contributed by atoms with Crippen LogP contribution in [0.1, 0.15) is 47.8 Å². The first kappa shape index (κ1) is 40.6. The summed E-state index contributed by atoms with van der Waals surface area (Å²) in [5.74, 6) is 1.41. The Hall–Kier alpha value is -9.26. The first-order chi connectivity index (χ1) is 35.5. The Morgan fingerprint density at radius 1 is 0.431 bits per heavy atom. The third-order valence-corrected chi connectivity index (χ3v) is 15.4. The van der Waals surface area contributed by atoms with Crippen molar-refractivity contribution in [2.75, 3.05) is 0 Å². The van der Waals surface area contributed by atoms with E-state index in [1.54, 1.807) is 0 Å². The van der Waals surface area contributed by atoms with Gasteiger partial charge in [0.05, 0.1) is 33.4 Å². The lowest BCUT2D eigenvalue weighted by Gasteiger charge is -2.26. The highest BCUT2D eigenvalue weighted by Gasteiger charge is 2.36. The molecule has 1 aliphatic carbocycles. The van der Waals surface area contributed by atoms with Gasteiger partial charge in [0.15, 0.2) is 17.0 Å². The van der Waals surface area contributed by atoms with E-state index in [1.165, 1.54) is 49.4 Å². The first-order valence-electron chi connectivity index (χ1n) is 24.8. The summed E-state index contributed by atoms with van der Waals surface area (Å²) in [4.78, 5) is 10.7. The van der Waals surface area contributed by atoms with Crippen LogP contribution in [0.2, 0.25) is 0 Å². The number of nitrogens with one attached hydrogen (secondary N) is 1. The molecule has 0 radical (unpaired) electrons. The Labute approximate surface area is 415 Å². The molecule has 0 saturated heterocycles. The van der Waals surface area contributed by atoms with Gasteiger partial charge in [-0.2, -0.15) is 0 Å². The van der Waals surface area contributed by atoms with E-state index < -0.39 is 6.17 Å². The fourth-order valence-corrected chi connectivity index (χ4v) is 12.0. The smallest absolute Gasteiger partial charge is 0.159 e. The Bertz CT molecular complexity index is 4380. The minimum atomic E-state index is -0.541. The van der Waals surface area contributed by atoms with E-state index in [9.17, 15) is 0 Å². The summed E-state index contributed by atoms with van der Waals surface area (Å²) in [6, 6.07) is 80.5. The molecule has 72 heavy (non-hydrogen) atoms. The van der Waals surface area contributed by atoms with Gasteiger partial charge in [0.1, 0.15) is 12.0 Å². The van der Waals surface area contributed by atoms with Crippen molar-refractivity contribution >= 4 is 77.2 Å². The SMILES string of the molecule is CC1(C)c2ccccc2-c2cc3c4ccccc4n(-c4cccc5c4oc4c(-n6c7ccccc7c7ccccc76)c(C6N=C(c7ccccc7)N=C(c7ccc(-c8ccccc8)cc7)N6)ccc45)c3cc21. The van der Waals surface area contributed by atoms with Gasteiger partial charge in [-0.1, -0.05) is 196 Å². The second-order valence-electron chi connectivity index (χ2n) is 19.7. The zero-order valence-electron chi connectivity index (χ0n) is 39.6. The predicted octanol–water partition coefficient (Wildman–Crippen LogP) is 16.2. The van der Waals surface area contributed by atoms with Crippen molar-refractivity contribution in [2.24, 2.45) is 9.98 Å². The van der Waals surface area contributed by atoms with Gasteiger partial charge in [0.25, 0.3) is 0 Å². The van der Waals surface area contributed by atoms with Crippen LogP contribution in [0.3, 0.4) is 0 Å². The summed E-state index contributed by atoms with van der Waals surface area (Å²) < 4.78 is 12.4. The van der Waals surface area contributed by atoms with Crippen molar-refractivity contribution < 1.29 is 4.42 Å². The van der Waals surface area contributed by atoms with Gasteiger partial charge < -0.3 is 18.9 Å². The number of aliphatic imine (C=N–C) groups is 2. The monoisotopic (exact) mass is 923 g/mol. The summed E-state index contributed by atoms with van der Waals surface area (Å²) >= 11 is 0. The van der Waals surface area contributed by atoms with Crippen LogP contribution in [0.25, 0.3) is 99.2 Å². The molecule has 15 rings (SSSR count). The molecule has 4 heterocycles. The van der Waals surface area contributed by atoms with Crippen LogP contribution >= 0.6 is 0 Å². The predicted molar refractivity (Wildman–Crippen MR) is 297 cm³/mol. The van der Waals surface area contributed by atoms with E-state index in [0.717, 1.165) is 83.5 Å². The number of amidine groups is 2. The first-order valence-corrected chi connectivity index (χ1v) is 24.8. The third kappa shape index (κ3) is 5.90. The van der Waals surface area contributed by atoms with Crippen LogP contribution in [-0.4, -0.2) is 20.8 Å². The molecule has 3 aromatic heterocycles. The van der Waals surface area contributed by atoms with Gasteiger partial charge in [-0.3, -0.25) is 0 Å². The number of fused-ring (bicyclic) bond motifs is 12. The normalized spacial score (nSPS) is 15.1. The molecule has 1 unspecified atom stereocenters. The minimum Gasteiger partial charge on any atom is -0.452 e. The van der Waals surface area contributed by atoms with E-state index in [4.69, 9.17) is 14.4 Å². The highest BCUT2D eigenvalue weighted by Crippen LogP contribution is 2.52. The van der Waals surface area contributed by atoms with Crippen LogP contribution in [0.5, 0.6) is 0 Å². The number of hydrogen-bond donors (Lipinski definition) is 1. The molecular formula is C66H45N5O. The third-order valence-electron chi connectivity index (χ3n) is 15.4. The molecule has 0 saturated carbocycles. The largest absolute Gasteiger partial charge is 0.452 e. The molecule has 13 aromatic rings. The van der Waals surface area contributed by atoms with Crippen LogP contribution in [0.4, 0.5) is 0 Å². The van der Waals surface area contributed by atoms with Crippen molar-refractivity contribution in [3.8, 4) is 33.6 Å². The number of aromatic nitrogens is 2. The highest BCUT2D eigenvalue weighted by molar-refractivity contribution is 6.17. The maximum atomic E-state index is 7.60. The van der Waals surface area contributed by atoms with Crippen LogP contribution in [0, 0.1) is 0 Å². The van der Waals surface area contributed by atoms with Crippen LogP contribution in [-0.2, 0) is 5.41 Å². The molecule has 6 heteroatoms. The zero-order valence-corrected chi connectivity index (χ0v) is 39.6. The number of nitrogens with zero attached hydrogens (tertiary/aromatic N) is 4. The number of para-hydroxylation sites is 4. The Morgan fingerprint density at radius 3 is 1.72 bits per heavy atom. The van der Waals surface area contributed by atoms with E-state index in [2.05, 4.69) is 235 Å². The molecule has 0 spiro atoms. The number of furan rings is 1. The standard InChI is InChI=1S/C66H45N5O/c1-66(2)53-27-13-9-22-44(53)51-38-52-47-25-12-14-28-55(47)70(59(52)39-54(51)66)58-31-17-26-48-49-36-37-50(60(62(49)72-61(48)58)71-56-29-15-10-23-45(56)46-24-11-16-30-57(46)71)65-68-63(42-20-7-4-8-21-42)67-64(69-65)43-34-32-41(33-35-43)40-18-5-3-6-19-40/h3-39,65H,1-2H3,(H,67,68,69). The van der Waals surface area contributed by atoms with Gasteiger partial charge in [-0.05, 0) is 75.8 Å². The van der Waals surface area contributed by atoms with Crippen molar-refractivity contribution in [3.63, 3.8) is 0 Å². The lowest BCUT2D eigenvalue weighted by molar-refractivity contribution is 0.648. The number of benzene rings is 10. The number of hydrogen-bond acceptors (Lipinski definition) is 4. The Balaban J connectivity index is 0.987. The maximum Gasteiger partial charge on any atom is 0.159 e. The molecule has 10 aromatic carbocycles. The lowest BCUT2D eigenvalue weighted by atomic mass is 9.82. The van der Waals surface area contributed by atoms with Crippen LogP contribution in [0.15, 0.2) is 239 Å². The molecule has 0 fully saturated rings. The molecule has 1 aliphatic heterocycles. The second kappa shape index (κ2) is 15.4. The van der Waals surface area contributed by atoms with Gasteiger partial charge in [0, 0.05) is 54.4 Å². The summed E-state index contributed by atoms with van der Waals surface area (Å²) in [5.41, 5.74) is 18.3. The van der Waals surface area contributed by atoms with E-state index >= 15 is 0 Å². The summed E-state index contributed by atoms with van der Waals surface area (Å²) in [6.07, 6.45) is -0.541. The molecular weight excluding hydrogens is 879 g/mol.